The Morgan fingerprint density at radius 2 is 2.00 bits per heavy atom. The third-order valence-corrected chi connectivity index (χ3v) is 3.51. The van der Waals surface area contributed by atoms with Crippen LogP contribution in [0.3, 0.4) is 0 Å². The highest BCUT2D eigenvalue weighted by Crippen LogP contribution is 2.35. The Kier molecular flexibility index (Phi) is 3.44. The van der Waals surface area contributed by atoms with Gasteiger partial charge in [-0.05, 0) is 23.5 Å². The topological polar surface area (TPSA) is 40.5 Å². The molecule has 0 aliphatic carbocycles. The van der Waals surface area contributed by atoms with Crippen LogP contribution in [-0.2, 0) is 10.2 Å². The Morgan fingerprint density at radius 1 is 1.33 bits per heavy atom. The summed E-state index contributed by atoms with van der Waals surface area (Å²) in [6.45, 7) is 6.45. The van der Waals surface area contributed by atoms with Crippen LogP contribution in [0.4, 0.5) is 5.69 Å². The van der Waals surface area contributed by atoms with Crippen molar-refractivity contribution in [1.82, 2.24) is 0 Å². The lowest BCUT2D eigenvalue weighted by molar-refractivity contribution is -0.117. The molecule has 2 rings (SSSR count). The molecule has 98 valence electrons. The smallest absolute Gasteiger partial charge is 0.227 e. The Bertz CT molecular complexity index is 448. The number of amides is 1. The van der Waals surface area contributed by atoms with Gasteiger partial charge in [-0.1, -0.05) is 39.0 Å². The molecule has 1 aliphatic heterocycles. The molecule has 0 spiro atoms. The van der Waals surface area contributed by atoms with Crippen LogP contribution in [-0.4, -0.2) is 23.7 Å². The maximum atomic E-state index is 12.0. The highest BCUT2D eigenvalue weighted by molar-refractivity contribution is 5.97. The second-order valence-corrected chi connectivity index (χ2v) is 5.91. The van der Waals surface area contributed by atoms with Crippen molar-refractivity contribution >= 4 is 11.6 Å². The van der Waals surface area contributed by atoms with Gasteiger partial charge in [-0.2, -0.15) is 0 Å². The van der Waals surface area contributed by atoms with Crippen LogP contribution in [0.25, 0.3) is 0 Å². The van der Waals surface area contributed by atoms with E-state index in [0.29, 0.717) is 6.42 Å². The maximum absolute atomic E-state index is 12.0. The zero-order valence-electron chi connectivity index (χ0n) is 11.3. The lowest BCUT2D eigenvalue weighted by Gasteiger charge is -2.30. The molecule has 3 heteroatoms. The van der Waals surface area contributed by atoms with E-state index in [1.807, 2.05) is 18.2 Å². The van der Waals surface area contributed by atoms with Crippen LogP contribution in [0.15, 0.2) is 24.3 Å². The molecule has 1 aromatic rings. The van der Waals surface area contributed by atoms with Gasteiger partial charge >= 0.3 is 0 Å². The second-order valence-electron chi connectivity index (χ2n) is 5.91. The molecule has 0 saturated carbocycles. The van der Waals surface area contributed by atoms with Crippen LogP contribution in [0.5, 0.6) is 0 Å². The van der Waals surface area contributed by atoms with Crippen LogP contribution < -0.4 is 4.90 Å². The van der Waals surface area contributed by atoms with Crippen molar-refractivity contribution in [3.63, 3.8) is 0 Å². The number of aliphatic hydroxyl groups is 1. The summed E-state index contributed by atoms with van der Waals surface area (Å²) >= 11 is 0. The second kappa shape index (κ2) is 4.73. The van der Waals surface area contributed by atoms with Crippen LogP contribution in [0, 0.1) is 0 Å². The predicted molar refractivity (Wildman–Crippen MR) is 72.7 cm³/mol. The first-order chi connectivity index (χ1) is 8.45. The molecule has 0 aromatic heterocycles. The molecule has 1 N–H and O–H groups in total. The number of nitrogens with zero attached hydrogens (tertiary/aromatic N) is 1. The fraction of sp³-hybridized carbons (Fsp3) is 0.533. The van der Waals surface area contributed by atoms with Crippen LogP contribution >= 0.6 is 0 Å². The summed E-state index contributed by atoms with van der Waals surface area (Å²) < 4.78 is 0. The number of para-hydroxylation sites is 1. The van der Waals surface area contributed by atoms with E-state index in [1.165, 1.54) is 0 Å². The van der Waals surface area contributed by atoms with Crippen molar-refractivity contribution in [2.75, 3.05) is 11.5 Å². The molecule has 1 atom stereocenters. The third kappa shape index (κ3) is 2.27. The van der Waals surface area contributed by atoms with E-state index in [2.05, 4.69) is 26.8 Å². The zero-order chi connectivity index (χ0) is 13.3. The molecule has 1 aromatic carbocycles. The number of hydrogen-bond donors (Lipinski definition) is 1. The van der Waals surface area contributed by atoms with Gasteiger partial charge in [0.1, 0.15) is 0 Å². The Balaban J connectivity index is 2.47. The summed E-state index contributed by atoms with van der Waals surface area (Å²) in [5.74, 6) is 0.116. The van der Waals surface area contributed by atoms with E-state index in [4.69, 9.17) is 0 Å². The van der Waals surface area contributed by atoms with E-state index in [1.54, 1.807) is 4.90 Å². The van der Waals surface area contributed by atoms with E-state index in [0.717, 1.165) is 17.7 Å². The Morgan fingerprint density at radius 3 is 2.61 bits per heavy atom. The fourth-order valence-electron chi connectivity index (χ4n) is 2.57. The monoisotopic (exact) mass is 247 g/mol. The van der Waals surface area contributed by atoms with Crippen LogP contribution in [0.1, 0.15) is 39.2 Å². The molecular weight excluding hydrogens is 226 g/mol. The number of anilines is 1. The zero-order valence-corrected chi connectivity index (χ0v) is 11.3. The Labute approximate surface area is 108 Å². The molecular formula is C15H21NO2. The van der Waals surface area contributed by atoms with Crippen molar-refractivity contribution < 1.29 is 9.90 Å². The molecule has 3 nitrogen and oxygen atoms in total. The van der Waals surface area contributed by atoms with E-state index < -0.39 is 0 Å². The van der Waals surface area contributed by atoms with Gasteiger partial charge in [0, 0.05) is 12.1 Å². The van der Waals surface area contributed by atoms with Crippen molar-refractivity contribution in [2.24, 2.45) is 0 Å². The van der Waals surface area contributed by atoms with E-state index >= 15 is 0 Å². The summed E-state index contributed by atoms with van der Waals surface area (Å²) in [7, 11) is 0. The van der Waals surface area contributed by atoms with Gasteiger partial charge in [-0.25, -0.2) is 0 Å². The van der Waals surface area contributed by atoms with Gasteiger partial charge in [0.05, 0.1) is 12.6 Å². The number of carbonyl (C=O) groups excluding carboxylic acids is 1. The van der Waals surface area contributed by atoms with Crippen molar-refractivity contribution in [3.8, 4) is 0 Å². The average molecular weight is 247 g/mol. The fourth-order valence-corrected chi connectivity index (χ4v) is 2.57. The van der Waals surface area contributed by atoms with E-state index in [9.17, 15) is 9.90 Å². The SMILES string of the molecule is CC(C)(C)c1ccccc1N1C(=O)CC[C@@H]1CO. The molecule has 0 bridgehead atoms. The molecule has 1 fully saturated rings. The van der Waals surface area contributed by atoms with Gasteiger partial charge in [0.25, 0.3) is 0 Å². The maximum Gasteiger partial charge on any atom is 0.227 e. The van der Waals surface area contributed by atoms with E-state index in [-0.39, 0.29) is 24.0 Å². The van der Waals surface area contributed by atoms with Gasteiger partial charge in [-0.15, -0.1) is 0 Å². The first-order valence-corrected chi connectivity index (χ1v) is 6.47. The van der Waals surface area contributed by atoms with Crippen LogP contribution in [0.2, 0.25) is 0 Å². The minimum absolute atomic E-state index is 0.0144. The lowest BCUT2D eigenvalue weighted by Crippen LogP contribution is -2.37. The molecule has 1 saturated heterocycles. The summed E-state index contributed by atoms with van der Waals surface area (Å²) in [4.78, 5) is 13.8. The Hall–Kier alpha value is -1.35. The van der Waals surface area contributed by atoms with Gasteiger partial charge in [0.15, 0.2) is 0 Å². The molecule has 1 heterocycles. The number of hydrogen-bond acceptors (Lipinski definition) is 2. The quantitative estimate of drug-likeness (QED) is 0.872. The standard InChI is InChI=1S/C15H21NO2/c1-15(2,3)12-6-4-5-7-13(12)16-11(10-17)8-9-14(16)18/h4-7,11,17H,8-10H2,1-3H3/t11-/m1/s1. The third-order valence-electron chi connectivity index (χ3n) is 3.51. The number of aliphatic hydroxyl groups excluding tert-OH is 1. The first kappa shape index (κ1) is 13.1. The number of rotatable bonds is 2. The molecule has 18 heavy (non-hydrogen) atoms. The highest BCUT2D eigenvalue weighted by atomic mass is 16.3. The summed E-state index contributed by atoms with van der Waals surface area (Å²) in [5, 5.41) is 9.42. The normalized spacial score (nSPS) is 20.6. The summed E-state index contributed by atoms with van der Waals surface area (Å²) in [5.41, 5.74) is 2.09. The first-order valence-electron chi connectivity index (χ1n) is 6.47. The van der Waals surface area contributed by atoms with Crippen molar-refractivity contribution in [3.05, 3.63) is 29.8 Å². The molecule has 0 radical (unpaired) electrons. The summed E-state index contributed by atoms with van der Waals surface area (Å²) in [6, 6.07) is 7.92. The van der Waals surface area contributed by atoms with Gasteiger partial charge < -0.3 is 10.0 Å². The average Bonchev–Trinajstić information content (AvgIpc) is 2.69. The van der Waals surface area contributed by atoms with Crippen molar-refractivity contribution in [2.45, 2.75) is 45.1 Å². The minimum atomic E-state index is -0.0685. The lowest BCUT2D eigenvalue weighted by atomic mass is 9.85. The molecule has 0 unspecified atom stereocenters. The summed E-state index contributed by atoms with van der Waals surface area (Å²) in [6.07, 6.45) is 1.28. The highest BCUT2D eigenvalue weighted by Gasteiger charge is 2.34. The van der Waals surface area contributed by atoms with Gasteiger partial charge in [0.2, 0.25) is 5.91 Å². The van der Waals surface area contributed by atoms with Crippen molar-refractivity contribution in [1.29, 1.82) is 0 Å². The molecule has 1 amide bonds. The minimum Gasteiger partial charge on any atom is -0.394 e. The number of benzene rings is 1. The molecule has 1 aliphatic rings. The largest absolute Gasteiger partial charge is 0.394 e. The predicted octanol–water partition coefficient (Wildman–Crippen LogP) is 2.47. The number of carbonyl (C=O) groups is 1. The van der Waals surface area contributed by atoms with Gasteiger partial charge in [-0.3, -0.25) is 4.79 Å².